The Hall–Kier alpha value is -1.03. The summed E-state index contributed by atoms with van der Waals surface area (Å²) in [6.45, 7) is 2.47. The zero-order valence-corrected chi connectivity index (χ0v) is 42.9. The summed E-state index contributed by atoms with van der Waals surface area (Å²) >= 11 is 0. The molecule has 0 radical (unpaired) electrons. The van der Waals surface area contributed by atoms with Gasteiger partial charge in [-0.05, 0) is 12.8 Å². The molecular formula is C53H105O10P. The number of carbonyl (C=O) groups excluding carboxylic acids is 2. The number of hydrogen-bond acceptors (Lipinski definition) is 9. The summed E-state index contributed by atoms with van der Waals surface area (Å²) in [5, 5.41) is 18.4. The van der Waals surface area contributed by atoms with Gasteiger partial charge in [0.05, 0.1) is 19.8 Å². The number of phosphoric ester groups is 1. The fraction of sp³-hybridized carbons (Fsp3) is 0.962. The maximum Gasteiger partial charge on any atom is 0.472 e. The number of hydrogen-bond donors (Lipinski definition) is 3. The van der Waals surface area contributed by atoms with Crippen LogP contribution in [0.5, 0.6) is 0 Å². The third-order valence-electron chi connectivity index (χ3n) is 12.5. The molecule has 0 rings (SSSR count). The molecule has 3 atom stereocenters. The van der Waals surface area contributed by atoms with Crippen LogP contribution in [0, 0.1) is 0 Å². The highest BCUT2D eigenvalue weighted by molar-refractivity contribution is 7.47. The van der Waals surface area contributed by atoms with E-state index in [1.54, 1.807) is 0 Å². The number of rotatable bonds is 53. The van der Waals surface area contributed by atoms with Crippen molar-refractivity contribution in [3.8, 4) is 0 Å². The number of aliphatic hydroxyl groups excluding tert-OH is 2. The van der Waals surface area contributed by atoms with Crippen molar-refractivity contribution in [3.63, 3.8) is 0 Å². The molecule has 0 aliphatic carbocycles. The van der Waals surface area contributed by atoms with Crippen LogP contribution in [-0.2, 0) is 32.7 Å². The minimum absolute atomic E-state index is 0.193. The van der Waals surface area contributed by atoms with Gasteiger partial charge >= 0.3 is 19.8 Å². The fourth-order valence-corrected chi connectivity index (χ4v) is 9.08. The molecule has 0 aliphatic heterocycles. The van der Waals surface area contributed by atoms with Crippen molar-refractivity contribution in [2.45, 2.75) is 302 Å². The molecule has 0 saturated heterocycles. The molecule has 0 saturated carbocycles. The SMILES string of the molecule is CCCCCCCCCCCCCCCCCCCCCCCCC(=O)OC[C@H](COP(=O)(O)OC[C@@H](O)CO)OC(=O)CCCCCCCCCCCCCCCCCCCCC. The van der Waals surface area contributed by atoms with Crippen LogP contribution in [0.25, 0.3) is 0 Å². The number of phosphoric acid groups is 1. The summed E-state index contributed by atoms with van der Waals surface area (Å²) in [6.07, 6.45) is 50.8. The monoisotopic (exact) mass is 933 g/mol. The van der Waals surface area contributed by atoms with Crippen LogP contribution < -0.4 is 0 Å². The molecule has 0 bridgehead atoms. The Labute approximate surface area is 394 Å². The minimum Gasteiger partial charge on any atom is -0.462 e. The second-order valence-corrected chi connectivity index (χ2v) is 20.4. The number of ether oxygens (including phenoxy) is 2. The summed E-state index contributed by atoms with van der Waals surface area (Å²) in [5.41, 5.74) is 0. The van der Waals surface area contributed by atoms with Gasteiger partial charge in [0.25, 0.3) is 0 Å². The molecule has 382 valence electrons. The van der Waals surface area contributed by atoms with Crippen LogP contribution in [0.1, 0.15) is 290 Å². The normalized spacial score (nSPS) is 13.5. The molecule has 11 heteroatoms. The van der Waals surface area contributed by atoms with Gasteiger partial charge in [0.1, 0.15) is 12.7 Å². The lowest BCUT2D eigenvalue weighted by atomic mass is 10.0. The molecule has 0 aromatic heterocycles. The van der Waals surface area contributed by atoms with E-state index in [0.29, 0.717) is 12.8 Å². The van der Waals surface area contributed by atoms with E-state index in [4.69, 9.17) is 23.6 Å². The maximum absolute atomic E-state index is 12.7. The highest BCUT2D eigenvalue weighted by Gasteiger charge is 2.27. The summed E-state index contributed by atoms with van der Waals surface area (Å²) in [7, 11) is -4.62. The maximum atomic E-state index is 12.7. The summed E-state index contributed by atoms with van der Waals surface area (Å²) in [4.78, 5) is 35.2. The Bertz CT molecular complexity index is 1030. The lowest BCUT2D eigenvalue weighted by molar-refractivity contribution is -0.161. The van der Waals surface area contributed by atoms with E-state index in [2.05, 4.69) is 13.8 Å². The molecule has 0 aromatic carbocycles. The lowest BCUT2D eigenvalue weighted by Crippen LogP contribution is -2.29. The molecule has 1 unspecified atom stereocenters. The molecular weight excluding hydrogens is 828 g/mol. The van der Waals surface area contributed by atoms with Gasteiger partial charge in [-0.15, -0.1) is 0 Å². The number of carbonyl (C=O) groups is 2. The molecule has 3 N–H and O–H groups in total. The molecule has 0 fully saturated rings. The summed E-state index contributed by atoms with van der Waals surface area (Å²) in [6, 6.07) is 0. The lowest BCUT2D eigenvalue weighted by Gasteiger charge is -2.20. The van der Waals surface area contributed by atoms with Crippen LogP contribution in [0.4, 0.5) is 0 Å². The van der Waals surface area contributed by atoms with Crippen LogP contribution in [0.2, 0.25) is 0 Å². The average Bonchev–Trinajstić information content (AvgIpc) is 3.28. The predicted molar refractivity (Wildman–Crippen MR) is 266 cm³/mol. The predicted octanol–water partition coefficient (Wildman–Crippen LogP) is 15.7. The van der Waals surface area contributed by atoms with Gasteiger partial charge < -0.3 is 24.6 Å². The first-order chi connectivity index (χ1) is 31.2. The fourth-order valence-electron chi connectivity index (χ4n) is 8.29. The van der Waals surface area contributed by atoms with E-state index in [1.807, 2.05) is 0 Å². The summed E-state index contributed by atoms with van der Waals surface area (Å²) in [5.74, 6) is -0.900. The van der Waals surface area contributed by atoms with E-state index in [-0.39, 0.29) is 19.4 Å². The van der Waals surface area contributed by atoms with Gasteiger partial charge in [-0.3, -0.25) is 18.6 Å². The largest absolute Gasteiger partial charge is 0.472 e. The molecule has 0 spiro atoms. The second-order valence-electron chi connectivity index (χ2n) is 19.0. The number of esters is 2. The van der Waals surface area contributed by atoms with Gasteiger partial charge in [0.2, 0.25) is 0 Å². The zero-order valence-electron chi connectivity index (χ0n) is 42.0. The average molecular weight is 933 g/mol. The van der Waals surface area contributed by atoms with Crippen molar-refractivity contribution in [3.05, 3.63) is 0 Å². The van der Waals surface area contributed by atoms with Crippen molar-refractivity contribution in [2.24, 2.45) is 0 Å². The van der Waals surface area contributed by atoms with E-state index in [0.717, 1.165) is 32.1 Å². The van der Waals surface area contributed by atoms with Crippen LogP contribution in [0.3, 0.4) is 0 Å². The Morgan fingerprint density at radius 2 is 0.672 bits per heavy atom. The highest BCUT2D eigenvalue weighted by Crippen LogP contribution is 2.43. The third kappa shape index (κ3) is 48.9. The quantitative estimate of drug-likeness (QED) is 0.0306. The molecule has 0 aromatic rings. The van der Waals surface area contributed by atoms with E-state index in [9.17, 15) is 24.2 Å². The molecule has 10 nitrogen and oxygen atoms in total. The van der Waals surface area contributed by atoms with Gasteiger partial charge in [-0.1, -0.05) is 264 Å². The van der Waals surface area contributed by atoms with E-state index >= 15 is 0 Å². The molecule has 0 amide bonds. The van der Waals surface area contributed by atoms with Crippen molar-refractivity contribution in [2.75, 3.05) is 26.4 Å². The Kier molecular flexibility index (Phi) is 49.1. The van der Waals surface area contributed by atoms with Crippen LogP contribution in [0.15, 0.2) is 0 Å². The van der Waals surface area contributed by atoms with Gasteiger partial charge in [-0.2, -0.15) is 0 Å². The van der Waals surface area contributed by atoms with E-state index < -0.39 is 51.8 Å². The first kappa shape index (κ1) is 63.0. The van der Waals surface area contributed by atoms with Crippen LogP contribution in [-0.4, -0.2) is 65.7 Å². The second kappa shape index (κ2) is 49.9. The van der Waals surface area contributed by atoms with Gasteiger partial charge in [0.15, 0.2) is 6.10 Å². The Morgan fingerprint density at radius 1 is 0.406 bits per heavy atom. The summed E-state index contributed by atoms with van der Waals surface area (Å²) < 4.78 is 32.9. The number of aliphatic hydroxyl groups is 2. The van der Waals surface area contributed by atoms with Crippen molar-refractivity contribution < 1.29 is 47.8 Å². The first-order valence-corrected chi connectivity index (χ1v) is 29.0. The van der Waals surface area contributed by atoms with Crippen molar-refractivity contribution >= 4 is 19.8 Å². The Morgan fingerprint density at radius 3 is 0.969 bits per heavy atom. The van der Waals surface area contributed by atoms with Gasteiger partial charge in [-0.25, -0.2) is 4.57 Å². The Balaban J connectivity index is 4.07. The number of unbranched alkanes of at least 4 members (excludes halogenated alkanes) is 39. The zero-order chi connectivity index (χ0) is 46.9. The van der Waals surface area contributed by atoms with Crippen molar-refractivity contribution in [1.82, 2.24) is 0 Å². The van der Waals surface area contributed by atoms with Crippen molar-refractivity contribution in [1.29, 1.82) is 0 Å². The topological polar surface area (TPSA) is 149 Å². The molecule has 64 heavy (non-hydrogen) atoms. The molecule has 0 heterocycles. The van der Waals surface area contributed by atoms with Crippen LogP contribution >= 0.6 is 7.82 Å². The standard InChI is InChI=1S/C53H105O10P/c1-3-5-7-9-11-13-15-17-19-21-23-24-25-27-28-30-32-34-36-38-40-42-44-52(56)60-48-51(49-62-64(58,59)61-47-50(55)46-54)63-53(57)45-43-41-39-37-35-33-31-29-26-22-20-18-16-14-12-10-8-6-4-2/h50-51,54-55H,3-49H2,1-2H3,(H,58,59)/t50-,51+/m0/s1. The first-order valence-electron chi connectivity index (χ1n) is 27.5. The smallest absolute Gasteiger partial charge is 0.462 e. The highest BCUT2D eigenvalue weighted by atomic mass is 31.2. The van der Waals surface area contributed by atoms with Gasteiger partial charge in [0, 0.05) is 12.8 Å². The minimum atomic E-state index is -4.62. The molecule has 0 aliphatic rings. The van der Waals surface area contributed by atoms with E-state index in [1.165, 1.54) is 218 Å². The third-order valence-corrected chi connectivity index (χ3v) is 13.5.